The average molecular weight is 416 g/mol. The molecule has 0 unspecified atom stereocenters. The number of para-hydroxylation sites is 1. The monoisotopic (exact) mass is 415 g/mol. The van der Waals surface area contributed by atoms with Crippen LogP contribution in [-0.4, -0.2) is 69.7 Å². The van der Waals surface area contributed by atoms with Gasteiger partial charge in [-0.3, -0.25) is 9.69 Å². The van der Waals surface area contributed by atoms with Crippen LogP contribution in [0.3, 0.4) is 0 Å². The van der Waals surface area contributed by atoms with E-state index in [4.69, 9.17) is 9.47 Å². The second-order valence-electron chi connectivity index (χ2n) is 7.63. The van der Waals surface area contributed by atoms with Crippen molar-refractivity contribution in [3.05, 3.63) is 53.3 Å². The van der Waals surface area contributed by atoms with Gasteiger partial charge in [-0.25, -0.2) is 4.39 Å². The summed E-state index contributed by atoms with van der Waals surface area (Å²) in [7, 11) is 5.17. The number of aryl methyl sites for hydroxylation is 1. The second-order valence-corrected chi connectivity index (χ2v) is 7.63. The third-order valence-corrected chi connectivity index (χ3v) is 5.51. The minimum Gasteiger partial charge on any atom is -0.493 e. The zero-order chi connectivity index (χ0) is 21.7. The number of hydrogen-bond acceptors (Lipinski definition) is 5. The van der Waals surface area contributed by atoms with E-state index in [9.17, 15) is 9.18 Å². The topological polar surface area (TPSA) is 45.2 Å². The van der Waals surface area contributed by atoms with Crippen LogP contribution in [0.4, 0.5) is 10.1 Å². The molecule has 162 valence electrons. The molecule has 1 fully saturated rings. The Balaban J connectivity index is 1.55. The summed E-state index contributed by atoms with van der Waals surface area (Å²) >= 11 is 0. The number of piperazine rings is 1. The molecule has 30 heavy (non-hydrogen) atoms. The van der Waals surface area contributed by atoms with Crippen LogP contribution in [0.25, 0.3) is 0 Å². The number of carbonyl (C=O) groups is 1. The Labute approximate surface area is 177 Å². The van der Waals surface area contributed by atoms with Gasteiger partial charge in [-0.15, -0.1) is 0 Å². The fraction of sp³-hybridized carbons (Fsp3) is 0.435. The number of carbonyl (C=O) groups excluding carboxylic acids is 1. The largest absolute Gasteiger partial charge is 0.493 e. The fourth-order valence-corrected chi connectivity index (χ4v) is 3.78. The first-order chi connectivity index (χ1) is 14.4. The smallest absolute Gasteiger partial charge is 0.236 e. The Bertz CT molecular complexity index is 882. The van der Waals surface area contributed by atoms with Crippen LogP contribution in [0.5, 0.6) is 11.5 Å². The third kappa shape index (κ3) is 5.02. The van der Waals surface area contributed by atoms with E-state index in [1.807, 2.05) is 46.9 Å². The van der Waals surface area contributed by atoms with Gasteiger partial charge in [-0.05, 0) is 49.4 Å². The Morgan fingerprint density at radius 3 is 2.33 bits per heavy atom. The molecule has 0 aromatic heterocycles. The summed E-state index contributed by atoms with van der Waals surface area (Å²) in [6.45, 7) is 5.43. The highest BCUT2D eigenvalue weighted by molar-refractivity contribution is 5.78. The van der Waals surface area contributed by atoms with E-state index in [0.717, 1.165) is 11.1 Å². The maximum Gasteiger partial charge on any atom is 0.236 e. The first-order valence-corrected chi connectivity index (χ1v) is 10.1. The number of halogens is 1. The molecule has 6 nitrogen and oxygen atoms in total. The minimum absolute atomic E-state index is 0.0869. The van der Waals surface area contributed by atoms with Gasteiger partial charge in [0, 0.05) is 32.7 Å². The van der Waals surface area contributed by atoms with Crippen LogP contribution in [0.2, 0.25) is 0 Å². The highest BCUT2D eigenvalue weighted by Gasteiger charge is 2.23. The highest BCUT2D eigenvalue weighted by atomic mass is 19.1. The lowest BCUT2D eigenvalue weighted by Crippen LogP contribution is -2.51. The molecule has 0 bridgehead atoms. The summed E-state index contributed by atoms with van der Waals surface area (Å²) in [5.41, 5.74) is 2.78. The molecular formula is C23H30FN3O3. The summed E-state index contributed by atoms with van der Waals surface area (Å²) in [6.07, 6.45) is 0. The van der Waals surface area contributed by atoms with Gasteiger partial charge >= 0.3 is 0 Å². The van der Waals surface area contributed by atoms with E-state index in [1.165, 1.54) is 6.07 Å². The van der Waals surface area contributed by atoms with E-state index in [-0.39, 0.29) is 11.7 Å². The van der Waals surface area contributed by atoms with Gasteiger partial charge in [0.1, 0.15) is 5.82 Å². The molecular weight excluding hydrogens is 385 g/mol. The summed E-state index contributed by atoms with van der Waals surface area (Å²) < 4.78 is 24.7. The molecule has 0 N–H and O–H groups in total. The molecule has 0 saturated carbocycles. The number of hydrogen-bond donors (Lipinski definition) is 0. The number of ether oxygens (including phenoxy) is 2. The Morgan fingerprint density at radius 2 is 1.70 bits per heavy atom. The summed E-state index contributed by atoms with van der Waals surface area (Å²) in [5, 5.41) is 0. The Kier molecular flexibility index (Phi) is 7.15. The van der Waals surface area contributed by atoms with E-state index in [0.29, 0.717) is 56.5 Å². The molecule has 1 amide bonds. The molecule has 1 aliphatic heterocycles. The van der Waals surface area contributed by atoms with Crippen LogP contribution >= 0.6 is 0 Å². The zero-order valence-electron chi connectivity index (χ0n) is 18.2. The maximum absolute atomic E-state index is 14.0. The molecule has 2 aromatic rings. The van der Waals surface area contributed by atoms with Gasteiger partial charge in [0.25, 0.3) is 0 Å². The standard InChI is InChI=1S/C23H30FN3O3/c1-17-13-21(29-3)22(30-4)14-18(17)15-25(2)16-23(28)27-11-9-26(10-12-27)20-8-6-5-7-19(20)24/h5-8,13-14H,9-12,15-16H2,1-4H3. The Hall–Kier alpha value is -2.80. The second kappa shape index (κ2) is 9.80. The van der Waals surface area contributed by atoms with E-state index in [1.54, 1.807) is 26.4 Å². The number of anilines is 1. The molecule has 7 heteroatoms. The van der Waals surface area contributed by atoms with E-state index >= 15 is 0 Å². The van der Waals surface area contributed by atoms with Gasteiger partial charge in [-0.2, -0.15) is 0 Å². The molecule has 0 spiro atoms. The molecule has 1 aliphatic rings. The van der Waals surface area contributed by atoms with Crippen molar-refractivity contribution in [1.29, 1.82) is 0 Å². The predicted molar refractivity (Wildman–Crippen MR) is 116 cm³/mol. The van der Waals surface area contributed by atoms with Crippen molar-refractivity contribution in [2.24, 2.45) is 0 Å². The van der Waals surface area contributed by atoms with Crippen molar-refractivity contribution in [3.8, 4) is 11.5 Å². The number of amides is 1. The number of nitrogens with zero attached hydrogens (tertiary/aromatic N) is 3. The normalized spacial score (nSPS) is 14.2. The first-order valence-electron chi connectivity index (χ1n) is 10.1. The van der Waals surface area contributed by atoms with Gasteiger partial charge in [0.15, 0.2) is 11.5 Å². The number of likely N-dealkylation sites (N-methyl/N-ethyl adjacent to an activating group) is 1. The molecule has 0 radical (unpaired) electrons. The summed E-state index contributed by atoms with van der Waals surface area (Å²) in [6, 6.07) is 10.7. The summed E-state index contributed by atoms with van der Waals surface area (Å²) in [4.78, 5) is 18.6. The lowest BCUT2D eigenvalue weighted by molar-refractivity contribution is -0.132. The van der Waals surface area contributed by atoms with Gasteiger partial charge < -0.3 is 19.3 Å². The molecule has 3 rings (SSSR count). The zero-order valence-corrected chi connectivity index (χ0v) is 18.2. The van der Waals surface area contributed by atoms with Crippen molar-refractivity contribution in [2.45, 2.75) is 13.5 Å². The number of methoxy groups -OCH3 is 2. The van der Waals surface area contributed by atoms with Crippen LogP contribution in [0.15, 0.2) is 36.4 Å². The average Bonchev–Trinajstić information content (AvgIpc) is 2.75. The lowest BCUT2D eigenvalue weighted by Gasteiger charge is -2.36. The van der Waals surface area contributed by atoms with Crippen molar-refractivity contribution >= 4 is 11.6 Å². The quantitative estimate of drug-likeness (QED) is 0.696. The van der Waals surface area contributed by atoms with Crippen LogP contribution in [0, 0.1) is 12.7 Å². The molecule has 0 aliphatic carbocycles. The van der Waals surface area contributed by atoms with E-state index < -0.39 is 0 Å². The van der Waals surface area contributed by atoms with Crippen LogP contribution in [0.1, 0.15) is 11.1 Å². The molecule has 1 saturated heterocycles. The van der Waals surface area contributed by atoms with Crippen molar-refractivity contribution in [2.75, 3.05) is 58.9 Å². The van der Waals surface area contributed by atoms with Crippen LogP contribution < -0.4 is 14.4 Å². The van der Waals surface area contributed by atoms with E-state index in [2.05, 4.69) is 0 Å². The Morgan fingerprint density at radius 1 is 1.07 bits per heavy atom. The maximum atomic E-state index is 14.0. The van der Waals surface area contributed by atoms with Crippen LogP contribution in [-0.2, 0) is 11.3 Å². The molecule has 2 aromatic carbocycles. The first kappa shape index (κ1) is 21.9. The third-order valence-electron chi connectivity index (χ3n) is 5.51. The lowest BCUT2D eigenvalue weighted by atomic mass is 10.1. The number of benzene rings is 2. The van der Waals surface area contributed by atoms with Gasteiger partial charge in [-0.1, -0.05) is 12.1 Å². The SMILES string of the molecule is COc1cc(C)c(CN(C)CC(=O)N2CCN(c3ccccc3F)CC2)cc1OC. The molecule has 1 heterocycles. The van der Waals surface area contributed by atoms with Crippen molar-refractivity contribution in [3.63, 3.8) is 0 Å². The summed E-state index contributed by atoms with van der Waals surface area (Å²) in [5.74, 6) is 1.25. The molecule has 0 atom stereocenters. The minimum atomic E-state index is -0.220. The van der Waals surface area contributed by atoms with Gasteiger partial charge in [0.2, 0.25) is 5.91 Å². The van der Waals surface area contributed by atoms with Gasteiger partial charge in [0.05, 0.1) is 26.5 Å². The van der Waals surface area contributed by atoms with Crippen molar-refractivity contribution < 1.29 is 18.7 Å². The predicted octanol–water partition coefficient (Wildman–Crippen LogP) is 2.93. The fourth-order valence-electron chi connectivity index (χ4n) is 3.78. The van der Waals surface area contributed by atoms with Crippen molar-refractivity contribution in [1.82, 2.24) is 9.80 Å². The number of rotatable bonds is 7. The highest BCUT2D eigenvalue weighted by Crippen LogP contribution is 2.30.